The molecule has 0 atom stereocenters. The molecular formula is C30H37N7O4S. The van der Waals surface area contributed by atoms with Gasteiger partial charge in [-0.3, -0.25) is 9.21 Å². The Kier molecular flexibility index (Phi) is 7.93. The Hall–Kier alpha value is -3.87. The molecule has 2 aromatic carbocycles. The van der Waals surface area contributed by atoms with Crippen molar-refractivity contribution in [3.63, 3.8) is 0 Å². The van der Waals surface area contributed by atoms with Crippen molar-refractivity contribution in [1.82, 2.24) is 19.5 Å². The number of methoxy groups -OCH3 is 1. The third-order valence-corrected chi connectivity index (χ3v) is 9.43. The van der Waals surface area contributed by atoms with Gasteiger partial charge in [0.2, 0.25) is 16.0 Å². The molecule has 1 N–H and O–H groups in total. The highest BCUT2D eigenvalue weighted by Gasteiger charge is 2.26. The van der Waals surface area contributed by atoms with E-state index in [9.17, 15) is 8.42 Å². The third kappa shape index (κ3) is 5.74. The summed E-state index contributed by atoms with van der Waals surface area (Å²) in [4.78, 5) is 9.53. The van der Waals surface area contributed by atoms with Crippen molar-refractivity contribution in [3.8, 4) is 17.0 Å². The van der Waals surface area contributed by atoms with E-state index in [1.807, 2.05) is 36.4 Å². The zero-order chi connectivity index (χ0) is 29.3. The second-order valence-electron chi connectivity index (χ2n) is 10.8. The number of para-hydroxylation sites is 1. The molecule has 0 radical (unpaired) electrons. The molecule has 0 saturated carbocycles. The van der Waals surface area contributed by atoms with Crippen molar-refractivity contribution in [2.75, 3.05) is 74.3 Å². The van der Waals surface area contributed by atoms with Gasteiger partial charge in [0.05, 0.1) is 42.1 Å². The van der Waals surface area contributed by atoms with Crippen molar-refractivity contribution in [2.24, 2.45) is 0 Å². The summed E-state index contributed by atoms with van der Waals surface area (Å²) in [7, 11) is -0.232. The smallest absolute Gasteiger partial charge is 0.245 e. The van der Waals surface area contributed by atoms with Crippen LogP contribution in [0.3, 0.4) is 0 Å². The number of rotatable bonds is 8. The molecule has 0 aliphatic carbocycles. The monoisotopic (exact) mass is 591 g/mol. The lowest BCUT2D eigenvalue weighted by Gasteiger charge is -2.41. The average molecular weight is 592 g/mol. The summed E-state index contributed by atoms with van der Waals surface area (Å²) < 4.78 is 39.0. The number of nitrogens with zero attached hydrogens (tertiary/aromatic N) is 6. The van der Waals surface area contributed by atoms with Crippen molar-refractivity contribution in [1.29, 1.82) is 0 Å². The van der Waals surface area contributed by atoms with Gasteiger partial charge in [0.25, 0.3) is 0 Å². The van der Waals surface area contributed by atoms with Crippen LogP contribution in [-0.2, 0) is 14.8 Å². The minimum atomic E-state index is -3.44. The van der Waals surface area contributed by atoms with E-state index in [1.165, 1.54) is 10.6 Å². The van der Waals surface area contributed by atoms with Crippen LogP contribution in [0.25, 0.3) is 16.8 Å². The van der Waals surface area contributed by atoms with E-state index in [0.29, 0.717) is 23.4 Å². The summed E-state index contributed by atoms with van der Waals surface area (Å²) in [5, 5.41) is 8.07. The fourth-order valence-electron chi connectivity index (χ4n) is 5.80. The number of benzene rings is 2. The largest absolute Gasteiger partial charge is 0.494 e. The number of hydrogen-bond donors (Lipinski definition) is 1. The van der Waals surface area contributed by atoms with Gasteiger partial charge in [0.1, 0.15) is 5.75 Å². The minimum Gasteiger partial charge on any atom is -0.494 e. The number of piperazine rings is 1. The number of aromatic nitrogens is 3. The van der Waals surface area contributed by atoms with Crippen LogP contribution in [-0.4, -0.2) is 93.8 Å². The molecule has 2 aromatic heterocycles. The molecule has 0 amide bonds. The highest BCUT2D eigenvalue weighted by molar-refractivity contribution is 7.92. The van der Waals surface area contributed by atoms with Crippen molar-refractivity contribution in [3.05, 3.63) is 60.8 Å². The van der Waals surface area contributed by atoms with Gasteiger partial charge >= 0.3 is 0 Å². The molecule has 2 aliphatic rings. The number of hydrogen-bond acceptors (Lipinski definition) is 9. The second kappa shape index (κ2) is 11.8. The van der Waals surface area contributed by atoms with Gasteiger partial charge in [-0.1, -0.05) is 18.2 Å². The molecule has 12 heteroatoms. The Balaban J connectivity index is 1.22. The average Bonchev–Trinajstić information content (AvgIpc) is 3.44. The summed E-state index contributed by atoms with van der Waals surface area (Å²) in [5.74, 6) is 1.10. The Labute approximate surface area is 246 Å². The fourth-order valence-corrected chi connectivity index (χ4v) is 6.32. The number of sulfonamides is 1. The third-order valence-electron chi connectivity index (χ3n) is 8.23. The van der Waals surface area contributed by atoms with E-state index >= 15 is 0 Å². The van der Waals surface area contributed by atoms with Gasteiger partial charge in [0.15, 0.2) is 0 Å². The Morgan fingerprint density at radius 3 is 2.52 bits per heavy atom. The van der Waals surface area contributed by atoms with Crippen LogP contribution in [0.1, 0.15) is 12.8 Å². The summed E-state index contributed by atoms with van der Waals surface area (Å²) in [6.45, 7) is 5.77. The number of ether oxygens (including phenoxy) is 2. The fraction of sp³-hybridized carbons (Fsp3) is 0.400. The van der Waals surface area contributed by atoms with E-state index in [0.717, 1.165) is 80.4 Å². The molecule has 0 spiro atoms. The predicted molar refractivity (Wildman–Crippen MR) is 166 cm³/mol. The number of anilines is 4. The standard InChI is InChI=1S/C30H37N7O4S/c1-34(42(3,38)39)27-7-5-4-6-25(27)28-11-9-24-21-31-30(33-37(24)28)32-26-10-8-23(20-29(26)40-2)36-16-14-35(15-17-36)22-12-18-41-19-13-22/h4-11,20-22H,12-19H2,1-3H3,(H,32,33). The van der Waals surface area contributed by atoms with Crippen LogP contribution in [0.5, 0.6) is 5.75 Å². The predicted octanol–water partition coefficient (Wildman–Crippen LogP) is 3.85. The second-order valence-corrected chi connectivity index (χ2v) is 12.8. The Morgan fingerprint density at radius 1 is 1.02 bits per heavy atom. The van der Waals surface area contributed by atoms with Crippen molar-refractivity contribution >= 4 is 38.6 Å². The molecule has 42 heavy (non-hydrogen) atoms. The van der Waals surface area contributed by atoms with Crippen LogP contribution in [0.4, 0.5) is 23.0 Å². The number of nitrogens with one attached hydrogen (secondary N) is 1. The molecule has 222 valence electrons. The van der Waals surface area contributed by atoms with Crippen LogP contribution >= 0.6 is 0 Å². The van der Waals surface area contributed by atoms with E-state index < -0.39 is 10.0 Å². The van der Waals surface area contributed by atoms with E-state index in [4.69, 9.17) is 14.6 Å². The zero-order valence-electron chi connectivity index (χ0n) is 24.2. The molecule has 2 saturated heterocycles. The first-order valence-corrected chi connectivity index (χ1v) is 16.1. The lowest BCUT2D eigenvalue weighted by molar-refractivity contribution is 0.0321. The van der Waals surface area contributed by atoms with Gasteiger partial charge < -0.3 is 19.7 Å². The molecule has 2 fully saturated rings. The lowest BCUT2D eigenvalue weighted by Crippen LogP contribution is -2.51. The topological polar surface area (TPSA) is 105 Å². The normalized spacial score (nSPS) is 17.0. The highest BCUT2D eigenvalue weighted by Crippen LogP contribution is 2.34. The maximum atomic E-state index is 12.3. The first-order chi connectivity index (χ1) is 20.3. The summed E-state index contributed by atoms with van der Waals surface area (Å²) in [6, 6.07) is 18.0. The molecular weight excluding hydrogens is 554 g/mol. The van der Waals surface area contributed by atoms with E-state index in [2.05, 4.69) is 32.2 Å². The molecule has 4 heterocycles. The molecule has 2 aliphatic heterocycles. The van der Waals surface area contributed by atoms with Gasteiger partial charge in [-0.05, 0) is 43.2 Å². The van der Waals surface area contributed by atoms with E-state index in [-0.39, 0.29) is 0 Å². The molecule has 4 aromatic rings. The molecule has 6 rings (SSSR count). The molecule has 0 bridgehead atoms. The first kappa shape index (κ1) is 28.3. The summed E-state index contributed by atoms with van der Waals surface area (Å²) >= 11 is 0. The summed E-state index contributed by atoms with van der Waals surface area (Å²) in [6.07, 6.45) is 5.17. The quantitative estimate of drug-likeness (QED) is 0.327. The van der Waals surface area contributed by atoms with Gasteiger partial charge in [-0.2, -0.15) is 0 Å². The van der Waals surface area contributed by atoms with Crippen LogP contribution in [0.2, 0.25) is 0 Å². The van der Waals surface area contributed by atoms with Gasteiger partial charge in [-0.15, -0.1) is 5.10 Å². The van der Waals surface area contributed by atoms with Crippen molar-refractivity contribution < 1.29 is 17.9 Å². The SMILES string of the molecule is COc1cc(N2CCN(C3CCOCC3)CC2)ccc1Nc1ncc2ccc(-c3ccccc3N(C)S(C)(=O)=O)n2n1. The highest BCUT2D eigenvalue weighted by atomic mass is 32.2. The van der Waals surface area contributed by atoms with Crippen molar-refractivity contribution in [2.45, 2.75) is 18.9 Å². The minimum absolute atomic E-state index is 0.394. The molecule has 0 unspecified atom stereocenters. The summed E-state index contributed by atoms with van der Waals surface area (Å²) in [5.41, 5.74) is 4.73. The van der Waals surface area contributed by atoms with Gasteiger partial charge in [-0.25, -0.2) is 17.9 Å². The van der Waals surface area contributed by atoms with Crippen LogP contribution in [0.15, 0.2) is 60.8 Å². The number of fused-ring (bicyclic) bond motifs is 1. The lowest BCUT2D eigenvalue weighted by atomic mass is 10.1. The molecule has 11 nitrogen and oxygen atoms in total. The first-order valence-electron chi connectivity index (χ1n) is 14.2. The van der Waals surface area contributed by atoms with Crippen LogP contribution < -0.4 is 19.3 Å². The zero-order valence-corrected chi connectivity index (χ0v) is 25.0. The van der Waals surface area contributed by atoms with Gasteiger partial charge in [0, 0.05) is 69.8 Å². The maximum absolute atomic E-state index is 12.3. The van der Waals surface area contributed by atoms with E-state index in [1.54, 1.807) is 30.9 Å². The van der Waals surface area contributed by atoms with Crippen LogP contribution in [0, 0.1) is 0 Å². The Bertz CT molecular complexity index is 1660. The maximum Gasteiger partial charge on any atom is 0.245 e. The Morgan fingerprint density at radius 2 is 1.79 bits per heavy atom.